The standard InChI is InChI=1S/C16H18N6O2.C4H6F2/c1-20-9-13(18-10-20)12-8-11-14(2-3-17-15(11)19-12)21-4-6-22(7-5-21)16(23)24;5-4(6)2-1-3-4/h2-3,8-10H,4-7H2,1H3,(H,17,19)(H,23,24);1-3H2. The first-order valence-electron chi connectivity index (χ1n) is 9.89. The molecule has 8 nitrogen and oxygen atoms in total. The number of alkyl halides is 2. The molecule has 3 aromatic rings. The average Bonchev–Trinajstić information content (AvgIpc) is 3.33. The number of aryl methyl sites for hydroxylation is 1. The highest BCUT2D eigenvalue weighted by molar-refractivity contribution is 5.93. The van der Waals surface area contributed by atoms with Gasteiger partial charge < -0.3 is 24.5 Å². The van der Waals surface area contributed by atoms with E-state index in [0.717, 1.165) is 28.1 Å². The highest BCUT2D eigenvalue weighted by atomic mass is 19.3. The van der Waals surface area contributed by atoms with Crippen LogP contribution in [0.4, 0.5) is 19.3 Å². The first kappa shape index (κ1) is 20.1. The van der Waals surface area contributed by atoms with Gasteiger partial charge in [-0.2, -0.15) is 0 Å². The van der Waals surface area contributed by atoms with Crippen LogP contribution < -0.4 is 4.90 Å². The van der Waals surface area contributed by atoms with Gasteiger partial charge in [0.15, 0.2) is 0 Å². The topological polar surface area (TPSA) is 90.3 Å². The maximum atomic E-state index is 11.5. The average molecular weight is 418 g/mol. The van der Waals surface area contributed by atoms with Gasteiger partial charge in [0.1, 0.15) is 11.3 Å². The number of nitrogens with zero attached hydrogens (tertiary/aromatic N) is 5. The molecule has 0 atom stereocenters. The Morgan fingerprint density at radius 1 is 1.20 bits per heavy atom. The van der Waals surface area contributed by atoms with Crippen molar-refractivity contribution in [2.75, 3.05) is 31.1 Å². The van der Waals surface area contributed by atoms with E-state index in [9.17, 15) is 13.6 Å². The second-order valence-corrected chi connectivity index (χ2v) is 7.67. The molecule has 1 saturated carbocycles. The summed E-state index contributed by atoms with van der Waals surface area (Å²) in [5.74, 6) is -2.28. The molecule has 160 valence electrons. The molecule has 0 bridgehead atoms. The number of carboxylic acid groups (broad SMARTS) is 1. The maximum Gasteiger partial charge on any atom is 0.407 e. The fourth-order valence-corrected chi connectivity index (χ4v) is 3.56. The number of nitrogens with one attached hydrogen (secondary N) is 1. The summed E-state index contributed by atoms with van der Waals surface area (Å²) in [5, 5.41) is 10.1. The maximum absolute atomic E-state index is 11.5. The number of rotatable bonds is 2. The highest BCUT2D eigenvalue weighted by Gasteiger charge is 2.36. The number of aromatic amines is 1. The van der Waals surface area contributed by atoms with E-state index in [2.05, 4.69) is 25.9 Å². The Morgan fingerprint density at radius 3 is 2.43 bits per heavy atom. The summed E-state index contributed by atoms with van der Waals surface area (Å²) < 4.78 is 25.0. The normalized spacial score (nSPS) is 18.0. The van der Waals surface area contributed by atoms with Crippen molar-refractivity contribution in [3.05, 3.63) is 30.9 Å². The van der Waals surface area contributed by atoms with Crippen LogP contribution in [-0.4, -0.2) is 67.7 Å². The van der Waals surface area contributed by atoms with Crippen molar-refractivity contribution in [3.8, 4) is 11.4 Å². The Bertz CT molecular complexity index is 1030. The monoisotopic (exact) mass is 418 g/mol. The second kappa shape index (κ2) is 7.92. The van der Waals surface area contributed by atoms with Crippen molar-refractivity contribution in [3.63, 3.8) is 0 Å². The van der Waals surface area contributed by atoms with Gasteiger partial charge in [-0.15, -0.1) is 0 Å². The molecule has 1 amide bonds. The van der Waals surface area contributed by atoms with E-state index in [0.29, 0.717) is 32.6 Å². The number of halogens is 2. The van der Waals surface area contributed by atoms with Crippen LogP contribution in [0, 0.1) is 0 Å². The van der Waals surface area contributed by atoms with Crippen molar-refractivity contribution in [2.24, 2.45) is 7.05 Å². The molecule has 0 spiro atoms. The summed E-state index contributed by atoms with van der Waals surface area (Å²) in [6.45, 7) is 2.37. The number of imidazole rings is 1. The molecule has 0 unspecified atom stereocenters. The smallest absolute Gasteiger partial charge is 0.407 e. The van der Waals surface area contributed by atoms with E-state index >= 15 is 0 Å². The van der Waals surface area contributed by atoms with Crippen molar-refractivity contribution < 1.29 is 18.7 Å². The van der Waals surface area contributed by atoms with Crippen LogP contribution in [0.25, 0.3) is 22.4 Å². The molecule has 2 aliphatic rings. The van der Waals surface area contributed by atoms with Crippen molar-refractivity contribution >= 4 is 22.8 Å². The number of pyridine rings is 1. The van der Waals surface area contributed by atoms with E-state index in [1.165, 1.54) is 4.90 Å². The molecule has 1 saturated heterocycles. The Hall–Kier alpha value is -3.17. The number of carbonyl (C=O) groups is 1. The molecule has 1 aliphatic heterocycles. The lowest BCUT2D eigenvalue weighted by molar-refractivity contribution is -0.0717. The van der Waals surface area contributed by atoms with Crippen LogP contribution in [0.3, 0.4) is 0 Å². The molecule has 0 radical (unpaired) electrons. The molecule has 1 aliphatic carbocycles. The van der Waals surface area contributed by atoms with E-state index in [1.54, 1.807) is 12.5 Å². The molecular formula is C20H24F2N6O2. The Morgan fingerprint density at radius 2 is 1.90 bits per heavy atom. The molecular weight excluding hydrogens is 394 g/mol. The number of aromatic nitrogens is 4. The number of anilines is 1. The quantitative estimate of drug-likeness (QED) is 0.664. The van der Waals surface area contributed by atoms with Crippen LogP contribution in [-0.2, 0) is 7.05 Å². The van der Waals surface area contributed by atoms with Gasteiger partial charge in [-0.3, -0.25) is 0 Å². The molecule has 30 heavy (non-hydrogen) atoms. The van der Waals surface area contributed by atoms with Gasteiger partial charge in [0.25, 0.3) is 0 Å². The summed E-state index contributed by atoms with van der Waals surface area (Å²) in [6, 6.07) is 4.04. The zero-order chi connectivity index (χ0) is 21.3. The summed E-state index contributed by atoms with van der Waals surface area (Å²) in [5.41, 5.74) is 3.68. The van der Waals surface area contributed by atoms with Crippen LogP contribution >= 0.6 is 0 Å². The number of hydrogen-bond acceptors (Lipinski definition) is 4. The summed E-state index contributed by atoms with van der Waals surface area (Å²) in [6.07, 6.45) is 5.59. The lowest BCUT2D eigenvalue weighted by Crippen LogP contribution is -2.48. The summed E-state index contributed by atoms with van der Waals surface area (Å²) in [4.78, 5) is 26.8. The summed E-state index contributed by atoms with van der Waals surface area (Å²) >= 11 is 0. The van der Waals surface area contributed by atoms with E-state index in [-0.39, 0.29) is 12.8 Å². The fraction of sp³-hybridized carbons (Fsp3) is 0.450. The SMILES string of the molecule is Cn1cnc(-c2cc3c(N4CCN(C(=O)O)CC4)ccnc3[nH]2)c1.FC1(F)CCC1. The number of piperazine rings is 1. The van der Waals surface area contributed by atoms with Gasteiger partial charge in [-0.05, 0) is 18.6 Å². The van der Waals surface area contributed by atoms with Gasteiger partial charge >= 0.3 is 6.09 Å². The van der Waals surface area contributed by atoms with E-state index < -0.39 is 12.0 Å². The lowest BCUT2D eigenvalue weighted by Gasteiger charge is -2.34. The molecule has 4 heterocycles. The Labute approximate surface area is 172 Å². The highest BCUT2D eigenvalue weighted by Crippen LogP contribution is 2.36. The van der Waals surface area contributed by atoms with Crippen molar-refractivity contribution in [2.45, 2.75) is 25.2 Å². The van der Waals surface area contributed by atoms with Crippen molar-refractivity contribution in [1.29, 1.82) is 0 Å². The second-order valence-electron chi connectivity index (χ2n) is 7.67. The fourth-order valence-electron chi connectivity index (χ4n) is 3.56. The van der Waals surface area contributed by atoms with Gasteiger partial charge in [0, 0.05) is 69.5 Å². The van der Waals surface area contributed by atoms with Gasteiger partial charge in [0.05, 0.1) is 12.0 Å². The van der Waals surface area contributed by atoms with Gasteiger partial charge in [-0.25, -0.2) is 23.5 Å². The molecule has 0 aromatic carbocycles. The van der Waals surface area contributed by atoms with Crippen LogP contribution in [0.15, 0.2) is 30.9 Å². The minimum absolute atomic E-state index is 0.118. The van der Waals surface area contributed by atoms with Crippen molar-refractivity contribution in [1.82, 2.24) is 24.4 Å². The molecule has 3 aromatic heterocycles. The van der Waals surface area contributed by atoms with Crippen LogP contribution in [0.2, 0.25) is 0 Å². The number of fused-ring (bicyclic) bond motifs is 1. The third kappa shape index (κ3) is 4.22. The van der Waals surface area contributed by atoms with Gasteiger partial charge in [0.2, 0.25) is 5.92 Å². The third-order valence-electron chi connectivity index (χ3n) is 5.47. The number of H-pyrrole nitrogens is 1. The number of amides is 1. The summed E-state index contributed by atoms with van der Waals surface area (Å²) in [7, 11) is 1.94. The largest absolute Gasteiger partial charge is 0.465 e. The predicted octanol–water partition coefficient (Wildman–Crippen LogP) is 3.57. The van der Waals surface area contributed by atoms with Crippen LogP contribution in [0.5, 0.6) is 0 Å². The van der Waals surface area contributed by atoms with E-state index in [1.807, 2.05) is 23.9 Å². The lowest BCUT2D eigenvalue weighted by atomic mass is 9.95. The van der Waals surface area contributed by atoms with Gasteiger partial charge in [-0.1, -0.05) is 0 Å². The predicted molar refractivity (Wildman–Crippen MR) is 109 cm³/mol. The first-order valence-corrected chi connectivity index (χ1v) is 9.89. The third-order valence-corrected chi connectivity index (χ3v) is 5.47. The Kier molecular flexibility index (Phi) is 5.31. The zero-order valence-corrected chi connectivity index (χ0v) is 16.7. The minimum Gasteiger partial charge on any atom is -0.465 e. The molecule has 2 N–H and O–H groups in total. The molecule has 10 heteroatoms. The number of hydrogen-bond donors (Lipinski definition) is 2. The van der Waals surface area contributed by atoms with E-state index in [4.69, 9.17) is 5.11 Å². The molecule has 5 rings (SSSR count). The zero-order valence-electron chi connectivity index (χ0n) is 16.7. The minimum atomic E-state index is -2.28. The molecule has 2 fully saturated rings. The Balaban J connectivity index is 0.000000313. The van der Waals surface area contributed by atoms with Crippen LogP contribution in [0.1, 0.15) is 19.3 Å². The first-order chi connectivity index (χ1) is 14.3.